The van der Waals surface area contributed by atoms with Gasteiger partial charge in [0.2, 0.25) is 11.0 Å². The van der Waals surface area contributed by atoms with E-state index in [9.17, 15) is 14.4 Å². The number of carbonyl (C=O) groups excluding carboxylic acids is 3. The van der Waals surface area contributed by atoms with Crippen LogP contribution < -0.4 is 15.4 Å². The van der Waals surface area contributed by atoms with Gasteiger partial charge in [-0.25, -0.2) is 4.79 Å². The minimum atomic E-state index is -0.505. The average molecular weight is 575 g/mol. The standard InChI is InChI=1S/C26H30N4O5S3/c1-4-34-17-13-11-16(12-14-17)22(32)28-25-29-30-26(38-25)36-15(3)21(31)27-23-20(24(33)35-5-2)18-9-7-6-8-10-19(18)37-23/h11-15H,4-10H2,1-3H3,(H,27,31)(H,28,29,32). The highest BCUT2D eigenvalue weighted by atomic mass is 32.2. The molecule has 0 aliphatic heterocycles. The van der Waals surface area contributed by atoms with Gasteiger partial charge in [0.25, 0.3) is 5.91 Å². The number of amides is 2. The predicted molar refractivity (Wildman–Crippen MR) is 151 cm³/mol. The van der Waals surface area contributed by atoms with Crippen molar-refractivity contribution in [2.45, 2.75) is 62.5 Å². The van der Waals surface area contributed by atoms with Crippen LogP contribution in [0.2, 0.25) is 0 Å². The molecule has 0 spiro atoms. The number of fused-ring (bicyclic) bond motifs is 1. The molecule has 2 aromatic heterocycles. The minimum Gasteiger partial charge on any atom is -0.494 e. The molecule has 1 atom stereocenters. The monoisotopic (exact) mass is 574 g/mol. The molecule has 1 aliphatic rings. The molecule has 38 heavy (non-hydrogen) atoms. The molecule has 4 rings (SSSR count). The van der Waals surface area contributed by atoms with E-state index in [0.29, 0.717) is 38.0 Å². The SMILES string of the molecule is CCOC(=O)c1c(NC(=O)C(C)Sc2nnc(NC(=O)c3ccc(OCC)cc3)s2)sc2c1CCCCC2. The van der Waals surface area contributed by atoms with E-state index in [0.717, 1.165) is 42.5 Å². The van der Waals surface area contributed by atoms with E-state index in [-0.39, 0.29) is 24.4 Å². The van der Waals surface area contributed by atoms with E-state index >= 15 is 0 Å². The van der Waals surface area contributed by atoms with Crippen molar-refractivity contribution < 1.29 is 23.9 Å². The lowest BCUT2D eigenvalue weighted by Gasteiger charge is -2.11. The first-order chi connectivity index (χ1) is 18.4. The number of ether oxygens (including phenoxy) is 2. The maximum Gasteiger partial charge on any atom is 0.341 e. The van der Waals surface area contributed by atoms with E-state index in [1.54, 1.807) is 38.1 Å². The number of benzene rings is 1. The Kier molecular flexibility index (Phi) is 9.75. The van der Waals surface area contributed by atoms with Crippen molar-refractivity contribution >= 4 is 62.4 Å². The fourth-order valence-corrected chi connectivity index (χ4v) is 7.19. The van der Waals surface area contributed by atoms with Crippen LogP contribution in [-0.2, 0) is 22.4 Å². The number of nitrogens with one attached hydrogen (secondary N) is 2. The van der Waals surface area contributed by atoms with E-state index in [4.69, 9.17) is 9.47 Å². The Bertz CT molecular complexity index is 1290. The fraction of sp³-hybridized carbons (Fsp3) is 0.423. The molecule has 1 aliphatic carbocycles. The largest absolute Gasteiger partial charge is 0.494 e. The van der Waals surface area contributed by atoms with Gasteiger partial charge in [-0.1, -0.05) is 29.5 Å². The number of thiophene rings is 1. The molecule has 1 aromatic carbocycles. The van der Waals surface area contributed by atoms with Gasteiger partial charge in [0.05, 0.1) is 24.0 Å². The van der Waals surface area contributed by atoms with Gasteiger partial charge < -0.3 is 14.8 Å². The van der Waals surface area contributed by atoms with Crippen molar-refractivity contribution in [3.63, 3.8) is 0 Å². The summed E-state index contributed by atoms with van der Waals surface area (Å²) in [7, 11) is 0. The highest BCUT2D eigenvalue weighted by molar-refractivity contribution is 8.02. The molecule has 2 amide bonds. The number of nitrogens with zero attached hydrogens (tertiary/aromatic N) is 2. The summed E-state index contributed by atoms with van der Waals surface area (Å²) in [5, 5.41) is 14.2. The summed E-state index contributed by atoms with van der Waals surface area (Å²) >= 11 is 3.90. The molecule has 2 heterocycles. The fourth-order valence-electron chi connectivity index (χ4n) is 4.01. The highest BCUT2D eigenvalue weighted by Gasteiger charge is 2.28. The van der Waals surface area contributed by atoms with Crippen molar-refractivity contribution in [1.29, 1.82) is 0 Å². The predicted octanol–water partition coefficient (Wildman–Crippen LogP) is 5.82. The smallest absolute Gasteiger partial charge is 0.341 e. The number of esters is 1. The van der Waals surface area contributed by atoms with Gasteiger partial charge in [-0.2, -0.15) is 0 Å². The molecular weight excluding hydrogens is 545 g/mol. The van der Waals surface area contributed by atoms with Crippen molar-refractivity contribution in [2.75, 3.05) is 23.8 Å². The average Bonchev–Trinajstić information content (AvgIpc) is 3.40. The maximum absolute atomic E-state index is 13.1. The summed E-state index contributed by atoms with van der Waals surface area (Å²) in [4.78, 5) is 39.5. The molecule has 202 valence electrons. The highest BCUT2D eigenvalue weighted by Crippen LogP contribution is 2.39. The van der Waals surface area contributed by atoms with Crippen LogP contribution in [0.25, 0.3) is 0 Å². The third kappa shape index (κ3) is 6.91. The molecule has 0 saturated heterocycles. The lowest BCUT2D eigenvalue weighted by molar-refractivity contribution is -0.115. The Morgan fingerprint density at radius 2 is 1.76 bits per heavy atom. The second-order valence-corrected chi connectivity index (χ2v) is 12.2. The summed E-state index contributed by atoms with van der Waals surface area (Å²) in [6, 6.07) is 6.83. The van der Waals surface area contributed by atoms with Crippen molar-refractivity contribution in [3.8, 4) is 5.75 Å². The van der Waals surface area contributed by atoms with E-state index in [2.05, 4.69) is 20.8 Å². The number of carbonyl (C=O) groups is 3. The van der Waals surface area contributed by atoms with Crippen molar-refractivity contribution in [3.05, 3.63) is 45.8 Å². The summed E-state index contributed by atoms with van der Waals surface area (Å²) in [5.41, 5.74) is 1.98. The number of thioether (sulfide) groups is 1. The zero-order valence-electron chi connectivity index (χ0n) is 21.5. The van der Waals surface area contributed by atoms with Crippen LogP contribution in [0.1, 0.15) is 71.2 Å². The Morgan fingerprint density at radius 1 is 1.00 bits per heavy atom. The molecule has 0 fully saturated rings. The summed E-state index contributed by atoms with van der Waals surface area (Å²) in [5.74, 6) is -0.249. The summed E-state index contributed by atoms with van der Waals surface area (Å²) in [6.07, 6.45) is 4.94. The lowest BCUT2D eigenvalue weighted by atomic mass is 10.1. The number of aryl methyl sites for hydroxylation is 1. The van der Waals surface area contributed by atoms with Gasteiger partial charge in [-0.3, -0.25) is 14.9 Å². The Labute approximate surface area is 233 Å². The first kappa shape index (κ1) is 28.1. The summed E-state index contributed by atoms with van der Waals surface area (Å²) < 4.78 is 11.3. The van der Waals surface area contributed by atoms with Gasteiger partial charge in [0, 0.05) is 10.4 Å². The van der Waals surface area contributed by atoms with Crippen molar-refractivity contribution in [1.82, 2.24) is 10.2 Å². The van der Waals surface area contributed by atoms with Crippen LogP contribution in [-0.4, -0.2) is 46.4 Å². The van der Waals surface area contributed by atoms with Gasteiger partial charge >= 0.3 is 5.97 Å². The number of hydrogen-bond donors (Lipinski definition) is 2. The Balaban J connectivity index is 1.39. The number of hydrogen-bond acceptors (Lipinski definition) is 10. The van der Waals surface area contributed by atoms with Crippen molar-refractivity contribution in [2.24, 2.45) is 0 Å². The lowest BCUT2D eigenvalue weighted by Crippen LogP contribution is -2.23. The number of aromatic nitrogens is 2. The van der Waals surface area contributed by atoms with Gasteiger partial charge in [-0.05, 0) is 76.3 Å². The topological polar surface area (TPSA) is 120 Å². The molecule has 0 saturated carbocycles. The zero-order chi connectivity index (χ0) is 27.1. The number of anilines is 2. The minimum absolute atomic E-state index is 0.243. The first-order valence-corrected chi connectivity index (χ1v) is 15.1. The van der Waals surface area contributed by atoms with Crippen LogP contribution in [0.3, 0.4) is 0 Å². The van der Waals surface area contributed by atoms with Crippen LogP contribution >= 0.6 is 34.4 Å². The van der Waals surface area contributed by atoms with Gasteiger partial charge in [0.15, 0.2) is 4.34 Å². The van der Waals surface area contributed by atoms with Gasteiger partial charge in [-0.15, -0.1) is 21.5 Å². The van der Waals surface area contributed by atoms with Crippen LogP contribution in [0.4, 0.5) is 10.1 Å². The summed E-state index contributed by atoms with van der Waals surface area (Å²) in [6.45, 7) is 6.26. The molecule has 9 nitrogen and oxygen atoms in total. The molecule has 2 N–H and O–H groups in total. The molecule has 3 aromatic rings. The van der Waals surface area contributed by atoms with E-state index in [1.165, 1.54) is 34.4 Å². The van der Waals surface area contributed by atoms with Crippen LogP contribution in [0.15, 0.2) is 28.6 Å². The number of rotatable bonds is 10. The van der Waals surface area contributed by atoms with E-state index in [1.807, 2.05) is 6.92 Å². The second-order valence-electron chi connectivity index (χ2n) is 8.52. The molecule has 0 radical (unpaired) electrons. The molecular formula is C26H30N4O5S3. The normalized spacial score (nSPS) is 13.7. The quantitative estimate of drug-likeness (QED) is 0.135. The molecule has 0 bridgehead atoms. The second kappa shape index (κ2) is 13.2. The van der Waals surface area contributed by atoms with Crippen LogP contribution in [0, 0.1) is 0 Å². The Morgan fingerprint density at radius 3 is 2.50 bits per heavy atom. The molecule has 12 heteroatoms. The third-order valence-corrected chi connectivity index (χ3v) is 9.07. The first-order valence-electron chi connectivity index (χ1n) is 12.6. The van der Waals surface area contributed by atoms with E-state index < -0.39 is 5.25 Å². The molecule has 1 unspecified atom stereocenters. The maximum atomic E-state index is 13.1. The third-order valence-electron chi connectivity index (χ3n) is 5.84. The Hall–Kier alpha value is -2.96. The van der Waals surface area contributed by atoms with Crippen LogP contribution in [0.5, 0.6) is 5.75 Å². The van der Waals surface area contributed by atoms with Gasteiger partial charge in [0.1, 0.15) is 10.8 Å². The zero-order valence-corrected chi connectivity index (χ0v) is 23.9.